The topological polar surface area (TPSA) is 29.5 Å². The van der Waals surface area contributed by atoms with Crippen molar-refractivity contribution in [3.63, 3.8) is 0 Å². The maximum atomic E-state index is 9.42. The molecule has 3 heteroatoms. The van der Waals surface area contributed by atoms with Gasteiger partial charge in [0.1, 0.15) is 11.5 Å². The Kier molecular flexibility index (Phi) is 3.90. The number of hydrogen-bond donors (Lipinski definition) is 1. The Morgan fingerprint density at radius 1 is 1.11 bits per heavy atom. The lowest BCUT2D eigenvalue weighted by Crippen LogP contribution is -1.91. The summed E-state index contributed by atoms with van der Waals surface area (Å²) in [6.45, 7) is 3.69. The van der Waals surface area contributed by atoms with Crippen LogP contribution in [0, 0.1) is 6.92 Å². The molecule has 0 fully saturated rings. The fourth-order valence-corrected chi connectivity index (χ4v) is 1.90. The van der Waals surface area contributed by atoms with Gasteiger partial charge in [-0.2, -0.15) is 0 Å². The standard InChI is InChI=1S/C15H15ClO2/c1-10-9-13(16)5-8-15(10)18-14-6-3-12(4-7-14)11(2)17/h3-9,11,17H,1-2H3/t11-/m0/s1. The molecule has 0 aliphatic carbocycles. The Labute approximate surface area is 112 Å². The van der Waals surface area contributed by atoms with E-state index in [9.17, 15) is 5.11 Å². The second kappa shape index (κ2) is 5.42. The maximum Gasteiger partial charge on any atom is 0.130 e. The summed E-state index contributed by atoms with van der Waals surface area (Å²) in [5, 5.41) is 10.1. The van der Waals surface area contributed by atoms with Gasteiger partial charge in [-0.25, -0.2) is 0 Å². The van der Waals surface area contributed by atoms with Crippen molar-refractivity contribution in [3.8, 4) is 11.5 Å². The van der Waals surface area contributed by atoms with Gasteiger partial charge in [0.2, 0.25) is 0 Å². The minimum absolute atomic E-state index is 0.462. The molecular formula is C15H15ClO2. The number of halogens is 1. The zero-order valence-electron chi connectivity index (χ0n) is 10.4. The molecule has 0 saturated carbocycles. The number of hydrogen-bond acceptors (Lipinski definition) is 2. The summed E-state index contributed by atoms with van der Waals surface area (Å²) in [4.78, 5) is 0. The van der Waals surface area contributed by atoms with Crippen molar-refractivity contribution in [2.75, 3.05) is 0 Å². The van der Waals surface area contributed by atoms with Gasteiger partial charge in [-0.3, -0.25) is 0 Å². The summed E-state index contributed by atoms with van der Waals surface area (Å²) in [6, 6.07) is 12.9. The molecule has 0 radical (unpaired) electrons. The van der Waals surface area contributed by atoms with Gasteiger partial charge < -0.3 is 9.84 Å². The van der Waals surface area contributed by atoms with Gasteiger partial charge in [0, 0.05) is 5.02 Å². The van der Waals surface area contributed by atoms with Crippen LogP contribution in [-0.4, -0.2) is 5.11 Å². The Hall–Kier alpha value is -1.51. The van der Waals surface area contributed by atoms with Crippen LogP contribution in [0.4, 0.5) is 0 Å². The van der Waals surface area contributed by atoms with Gasteiger partial charge in [0.05, 0.1) is 6.10 Å². The number of ether oxygens (including phenoxy) is 1. The maximum absolute atomic E-state index is 9.42. The van der Waals surface area contributed by atoms with E-state index in [0.717, 1.165) is 22.6 Å². The molecule has 0 bridgehead atoms. The van der Waals surface area contributed by atoms with E-state index in [1.54, 1.807) is 13.0 Å². The van der Waals surface area contributed by atoms with Crippen LogP contribution in [0.25, 0.3) is 0 Å². The Balaban J connectivity index is 2.18. The van der Waals surface area contributed by atoms with Gasteiger partial charge >= 0.3 is 0 Å². The Bertz CT molecular complexity index is 533. The molecule has 2 rings (SSSR count). The molecule has 0 aliphatic rings. The minimum atomic E-state index is -0.462. The number of rotatable bonds is 3. The van der Waals surface area contributed by atoms with Crippen LogP contribution < -0.4 is 4.74 Å². The van der Waals surface area contributed by atoms with E-state index >= 15 is 0 Å². The molecule has 0 aromatic heterocycles. The average Bonchev–Trinajstić information content (AvgIpc) is 2.33. The third-order valence-corrected chi connectivity index (χ3v) is 2.96. The van der Waals surface area contributed by atoms with E-state index in [4.69, 9.17) is 16.3 Å². The van der Waals surface area contributed by atoms with E-state index < -0.39 is 6.10 Å². The van der Waals surface area contributed by atoms with Crippen LogP contribution in [0.2, 0.25) is 5.02 Å². The summed E-state index contributed by atoms with van der Waals surface area (Å²) < 4.78 is 5.76. The molecule has 18 heavy (non-hydrogen) atoms. The van der Waals surface area contributed by atoms with Gasteiger partial charge in [-0.1, -0.05) is 23.7 Å². The van der Waals surface area contributed by atoms with Crippen molar-refractivity contribution >= 4 is 11.6 Å². The smallest absolute Gasteiger partial charge is 0.130 e. The fourth-order valence-electron chi connectivity index (χ4n) is 1.67. The van der Waals surface area contributed by atoms with Crippen LogP contribution in [-0.2, 0) is 0 Å². The number of aliphatic hydroxyl groups is 1. The predicted octanol–water partition coefficient (Wildman–Crippen LogP) is 4.49. The van der Waals surface area contributed by atoms with Crippen molar-refractivity contribution < 1.29 is 9.84 Å². The summed E-state index contributed by atoms with van der Waals surface area (Å²) in [5.41, 5.74) is 1.86. The lowest BCUT2D eigenvalue weighted by Gasteiger charge is -2.10. The van der Waals surface area contributed by atoms with Gasteiger partial charge in [0.15, 0.2) is 0 Å². The second-order valence-electron chi connectivity index (χ2n) is 4.26. The van der Waals surface area contributed by atoms with E-state index in [2.05, 4.69) is 0 Å². The number of aliphatic hydroxyl groups excluding tert-OH is 1. The first-order chi connectivity index (χ1) is 8.56. The van der Waals surface area contributed by atoms with E-state index in [1.165, 1.54) is 0 Å². The molecule has 2 nitrogen and oxygen atoms in total. The largest absolute Gasteiger partial charge is 0.457 e. The molecule has 94 valence electrons. The number of aryl methyl sites for hydroxylation is 1. The molecule has 2 aromatic carbocycles. The van der Waals surface area contributed by atoms with Crippen LogP contribution >= 0.6 is 11.6 Å². The van der Waals surface area contributed by atoms with Crippen molar-refractivity contribution in [1.29, 1.82) is 0 Å². The molecule has 1 atom stereocenters. The highest BCUT2D eigenvalue weighted by Crippen LogP contribution is 2.28. The molecule has 0 unspecified atom stereocenters. The first-order valence-electron chi connectivity index (χ1n) is 5.78. The van der Waals surface area contributed by atoms with E-state index in [-0.39, 0.29) is 0 Å². The molecule has 0 spiro atoms. The first-order valence-corrected chi connectivity index (χ1v) is 6.16. The minimum Gasteiger partial charge on any atom is -0.457 e. The highest BCUT2D eigenvalue weighted by atomic mass is 35.5. The first kappa shape index (κ1) is 12.9. The van der Waals surface area contributed by atoms with Crippen LogP contribution in [0.1, 0.15) is 24.2 Å². The molecule has 2 aromatic rings. The van der Waals surface area contributed by atoms with E-state index in [1.807, 2.05) is 43.3 Å². The van der Waals surface area contributed by atoms with Gasteiger partial charge in [-0.05, 0) is 55.3 Å². The van der Waals surface area contributed by atoms with Crippen LogP contribution in [0.5, 0.6) is 11.5 Å². The molecule has 1 N–H and O–H groups in total. The normalized spacial score (nSPS) is 12.2. The van der Waals surface area contributed by atoms with Crippen molar-refractivity contribution in [2.45, 2.75) is 20.0 Å². The Morgan fingerprint density at radius 3 is 2.33 bits per heavy atom. The third kappa shape index (κ3) is 3.03. The Morgan fingerprint density at radius 2 is 1.78 bits per heavy atom. The lowest BCUT2D eigenvalue weighted by molar-refractivity contribution is 0.199. The monoisotopic (exact) mass is 262 g/mol. The molecular weight excluding hydrogens is 248 g/mol. The predicted molar refractivity (Wildman–Crippen MR) is 73.3 cm³/mol. The molecule has 0 amide bonds. The van der Waals surface area contributed by atoms with Crippen LogP contribution in [0.15, 0.2) is 42.5 Å². The second-order valence-corrected chi connectivity index (χ2v) is 4.69. The van der Waals surface area contributed by atoms with Gasteiger partial charge in [0.25, 0.3) is 0 Å². The van der Waals surface area contributed by atoms with Crippen LogP contribution in [0.3, 0.4) is 0 Å². The zero-order chi connectivity index (χ0) is 13.1. The molecule has 0 aliphatic heterocycles. The van der Waals surface area contributed by atoms with Crippen molar-refractivity contribution in [1.82, 2.24) is 0 Å². The van der Waals surface area contributed by atoms with Gasteiger partial charge in [-0.15, -0.1) is 0 Å². The number of benzene rings is 2. The van der Waals surface area contributed by atoms with Crippen molar-refractivity contribution in [2.24, 2.45) is 0 Å². The highest BCUT2D eigenvalue weighted by molar-refractivity contribution is 6.30. The van der Waals surface area contributed by atoms with E-state index in [0.29, 0.717) is 5.02 Å². The highest BCUT2D eigenvalue weighted by Gasteiger charge is 2.04. The molecule has 0 heterocycles. The third-order valence-electron chi connectivity index (χ3n) is 2.73. The quantitative estimate of drug-likeness (QED) is 0.883. The average molecular weight is 263 g/mol. The summed E-state index contributed by atoms with van der Waals surface area (Å²) >= 11 is 5.89. The summed E-state index contributed by atoms with van der Waals surface area (Å²) in [6.07, 6.45) is -0.462. The SMILES string of the molecule is Cc1cc(Cl)ccc1Oc1ccc([C@H](C)O)cc1. The summed E-state index contributed by atoms with van der Waals surface area (Å²) in [7, 11) is 0. The van der Waals surface area contributed by atoms with Crippen molar-refractivity contribution in [3.05, 3.63) is 58.6 Å². The summed E-state index contributed by atoms with van der Waals surface area (Å²) in [5.74, 6) is 1.52. The lowest BCUT2D eigenvalue weighted by atomic mass is 10.1. The fraction of sp³-hybridized carbons (Fsp3) is 0.200. The zero-order valence-corrected chi connectivity index (χ0v) is 11.1. The molecule has 0 saturated heterocycles.